The minimum absolute atomic E-state index is 0. The molecule has 3 N–H and O–H groups in total. The van der Waals surface area contributed by atoms with Gasteiger partial charge in [0.05, 0.1) is 6.10 Å². The number of halogens is 2. The molecule has 1 heterocycles. The van der Waals surface area contributed by atoms with Crippen LogP contribution in [0.15, 0.2) is 24.3 Å². The van der Waals surface area contributed by atoms with Crippen molar-refractivity contribution in [2.24, 2.45) is 0 Å². The van der Waals surface area contributed by atoms with Crippen molar-refractivity contribution in [1.82, 2.24) is 15.5 Å². The highest BCUT2D eigenvalue weighted by atomic mass is 35.5. The third-order valence-electron chi connectivity index (χ3n) is 4.15. The van der Waals surface area contributed by atoms with Crippen LogP contribution in [0.5, 0.6) is 0 Å². The van der Waals surface area contributed by atoms with E-state index < -0.39 is 0 Å². The number of piperidine rings is 1. The van der Waals surface area contributed by atoms with Gasteiger partial charge in [-0.3, -0.25) is 9.69 Å². The largest absolute Gasteiger partial charge is 0.393 e. The van der Waals surface area contributed by atoms with Crippen molar-refractivity contribution in [1.29, 1.82) is 0 Å². The van der Waals surface area contributed by atoms with Crippen molar-refractivity contribution in [2.75, 3.05) is 26.7 Å². The lowest BCUT2D eigenvalue weighted by Crippen LogP contribution is -2.35. The van der Waals surface area contributed by atoms with E-state index in [1.54, 1.807) is 0 Å². The van der Waals surface area contributed by atoms with Gasteiger partial charge in [-0.15, -0.1) is 24.8 Å². The summed E-state index contributed by atoms with van der Waals surface area (Å²) in [6.07, 6.45) is 2.06. The molecular weight excluding hydrogens is 349 g/mol. The van der Waals surface area contributed by atoms with E-state index in [9.17, 15) is 9.90 Å². The van der Waals surface area contributed by atoms with E-state index >= 15 is 0 Å². The Kier molecular flexibility index (Phi) is 12.1. The van der Waals surface area contributed by atoms with Crippen LogP contribution in [-0.2, 0) is 17.9 Å². The third kappa shape index (κ3) is 7.81. The van der Waals surface area contributed by atoms with Crippen LogP contribution in [0.25, 0.3) is 0 Å². The summed E-state index contributed by atoms with van der Waals surface area (Å²) in [5.41, 5.74) is 2.43. The van der Waals surface area contributed by atoms with Crippen LogP contribution >= 0.6 is 24.8 Å². The quantitative estimate of drug-likeness (QED) is 0.676. The Bertz CT molecular complexity index is 481. The molecule has 1 aromatic carbocycles. The van der Waals surface area contributed by atoms with Crippen molar-refractivity contribution in [3.8, 4) is 0 Å². The molecule has 0 aliphatic carbocycles. The van der Waals surface area contributed by atoms with E-state index in [1.165, 1.54) is 11.1 Å². The fraction of sp³-hybridized carbons (Fsp3) is 0.588. The summed E-state index contributed by atoms with van der Waals surface area (Å²) in [6.45, 7) is 4.03. The molecule has 138 valence electrons. The van der Waals surface area contributed by atoms with Crippen LogP contribution in [-0.4, -0.2) is 48.7 Å². The maximum Gasteiger partial charge on any atom is 0.221 e. The van der Waals surface area contributed by atoms with Gasteiger partial charge < -0.3 is 15.7 Å². The summed E-state index contributed by atoms with van der Waals surface area (Å²) < 4.78 is 0. The van der Waals surface area contributed by atoms with Crippen molar-refractivity contribution >= 4 is 30.7 Å². The molecule has 2 rings (SSSR count). The van der Waals surface area contributed by atoms with Gasteiger partial charge in [-0.25, -0.2) is 0 Å². The maximum absolute atomic E-state index is 11.7. The van der Waals surface area contributed by atoms with Gasteiger partial charge >= 0.3 is 0 Å². The van der Waals surface area contributed by atoms with E-state index in [2.05, 4.69) is 27.7 Å². The van der Waals surface area contributed by atoms with Gasteiger partial charge in [-0.1, -0.05) is 24.3 Å². The normalized spacial score (nSPS) is 15.2. The first-order chi connectivity index (χ1) is 10.7. The predicted octanol–water partition coefficient (Wildman–Crippen LogP) is 1.71. The van der Waals surface area contributed by atoms with Crippen molar-refractivity contribution < 1.29 is 9.90 Å². The van der Waals surface area contributed by atoms with E-state index in [1.807, 2.05) is 19.2 Å². The number of carbonyl (C=O) groups excluding carboxylic acids is 1. The highest BCUT2D eigenvalue weighted by molar-refractivity contribution is 5.85. The first-order valence-corrected chi connectivity index (χ1v) is 8.07. The number of likely N-dealkylation sites (tertiary alicyclic amines) is 1. The minimum Gasteiger partial charge on any atom is -0.393 e. The number of carbonyl (C=O) groups is 1. The molecule has 0 saturated carbocycles. The Labute approximate surface area is 157 Å². The highest BCUT2D eigenvalue weighted by Gasteiger charge is 2.17. The third-order valence-corrected chi connectivity index (χ3v) is 4.15. The Hall–Kier alpha value is -0.850. The van der Waals surface area contributed by atoms with E-state index in [-0.39, 0.29) is 36.8 Å². The predicted molar refractivity (Wildman–Crippen MR) is 102 cm³/mol. The average Bonchev–Trinajstić information content (AvgIpc) is 2.54. The van der Waals surface area contributed by atoms with E-state index in [0.29, 0.717) is 19.5 Å². The number of hydrogen-bond donors (Lipinski definition) is 3. The van der Waals surface area contributed by atoms with E-state index in [0.717, 1.165) is 32.5 Å². The highest BCUT2D eigenvalue weighted by Crippen LogP contribution is 2.16. The Morgan fingerprint density at radius 1 is 1.21 bits per heavy atom. The van der Waals surface area contributed by atoms with Crippen LogP contribution in [0, 0.1) is 0 Å². The van der Waals surface area contributed by atoms with Gasteiger partial charge in [0.2, 0.25) is 5.91 Å². The lowest BCUT2D eigenvalue weighted by Gasteiger charge is -2.30. The molecule has 0 spiro atoms. The van der Waals surface area contributed by atoms with Gasteiger partial charge in [0.1, 0.15) is 0 Å². The van der Waals surface area contributed by atoms with Crippen LogP contribution in [0.4, 0.5) is 0 Å². The van der Waals surface area contributed by atoms with Gasteiger partial charge in [-0.05, 0) is 31.0 Å². The number of nitrogens with zero attached hydrogens (tertiary/aromatic N) is 1. The van der Waals surface area contributed by atoms with Crippen LogP contribution in [0.2, 0.25) is 0 Å². The topological polar surface area (TPSA) is 64.6 Å². The average molecular weight is 378 g/mol. The van der Waals surface area contributed by atoms with Gasteiger partial charge in [0.15, 0.2) is 0 Å². The summed E-state index contributed by atoms with van der Waals surface area (Å²) in [6, 6.07) is 8.26. The van der Waals surface area contributed by atoms with Gasteiger partial charge in [-0.2, -0.15) is 0 Å². The second kappa shape index (κ2) is 12.5. The number of nitrogens with one attached hydrogen (secondary N) is 2. The zero-order valence-corrected chi connectivity index (χ0v) is 15.8. The lowest BCUT2D eigenvalue weighted by atomic mass is 10.0. The standard InChI is InChI=1S/C17H27N3O2.2ClH/c1-18-9-6-17(22)19-12-14-4-2-3-5-15(14)13-20-10-7-16(21)8-11-20;;/h2-5,16,18,21H,6-13H2,1H3,(H,19,22);2*1H. The Morgan fingerprint density at radius 2 is 1.83 bits per heavy atom. The molecule has 1 saturated heterocycles. The number of rotatable bonds is 7. The first-order valence-electron chi connectivity index (χ1n) is 8.07. The molecule has 7 heteroatoms. The molecule has 24 heavy (non-hydrogen) atoms. The van der Waals surface area contributed by atoms with Crippen molar-refractivity contribution in [3.05, 3.63) is 35.4 Å². The van der Waals surface area contributed by atoms with Gasteiger partial charge in [0.25, 0.3) is 0 Å². The molecule has 0 bridgehead atoms. The number of hydrogen-bond acceptors (Lipinski definition) is 4. The monoisotopic (exact) mass is 377 g/mol. The molecule has 0 aromatic heterocycles. The van der Waals surface area contributed by atoms with Crippen molar-refractivity contribution in [3.63, 3.8) is 0 Å². The molecule has 1 aliphatic rings. The summed E-state index contributed by atoms with van der Waals surface area (Å²) in [5.74, 6) is 0.0743. The summed E-state index contributed by atoms with van der Waals surface area (Å²) in [4.78, 5) is 14.1. The number of aliphatic hydroxyl groups excluding tert-OH is 1. The second-order valence-corrected chi connectivity index (χ2v) is 5.91. The molecule has 0 unspecified atom stereocenters. The molecular formula is C17H29Cl2N3O2. The Morgan fingerprint density at radius 3 is 2.46 bits per heavy atom. The minimum atomic E-state index is -0.141. The lowest BCUT2D eigenvalue weighted by molar-refractivity contribution is -0.121. The fourth-order valence-corrected chi connectivity index (χ4v) is 2.72. The molecule has 5 nitrogen and oxygen atoms in total. The first kappa shape index (κ1) is 23.1. The molecule has 0 atom stereocenters. The zero-order chi connectivity index (χ0) is 15.8. The van der Waals surface area contributed by atoms with Gasteiger partial charge in [0, 0.05) is 39.1 Å². The number of aliphatic hydroxyl groups is 1. The number of benzene rings is 1. The smallest absolute Gasteiger partial charge is 0.221 e. The Balaban J connectivity index is 0.00000264. The molecule has 0 radical (unpaired) electrons. The van der Waals surface area contributed by atoms with E-state index in [4.69, 9.17) is 0 Å². The summed E-state index contributed by atoms with van der Waals surface area (Å²) in [7, 11) is 1.85. The number of amides is 1. The molecule has 1 aromatic rings. The molecule has 1 amide bonds. The summed E-state index contributed by atoms with van der Waals surface area (Å²) in [5, 5.41) is 15.5. The maximum atomic E-state index is 11.7. The SMILES string of the molecule is CNCCC(=O)NCc1ccccc1CN1CCC(O)CC1.Cl.Cl. The molecule has 1 aliphatic heterocycles. The van der Waals surface area contributed by atoms with Crippen LogP contribution < -0.4 is 10.6 Å². The fourth-order valence-electron chi connectivity index (χ4n) is 2.72. The van der Waals surface area contributed by atoms with Crippen molar-refractivity contribution in [2.45, 2.75) is 38.5 Å². The second-order valence-electron chi connectivity index (χ2n) is 5.91. The van der Waals surface area contributed by atoms with Crippen LogP contribution in [0.1, 0.15) is 30.4 Å². The molecule has 1 fully saturated rings. The zero-order valence-electron chi connectivity index (χ0n) is 14.2. The van der Waals surface area contributed by atoms with Crippen LogP contribution in [0.3, 0.4) is 0 Å². The summed E-state index contributed by atoms with van der Waals surface area (Å²) >= 11 is 0.